The molecule has 0 unspecified atom stereocenters. The number of benzene rings is 1. The highest BCUT2D eigenvalue weighted by molar-refractivity contribution is 5.45. The molecule has 3 heteroatoms. The lowest BCUT2D eigenvalue weighted by Gasteiger charge is -2.20. The third-order valence-corrected chi connectivity index (χ3v) is 2.72. The molecule has 1 aliphatic rings. The molecule has 0 radical (unpaired) electrons. The average Bonchev–Trinajstić information content (AvgIpc) is 2.39. The summed E-state index contributed by atoms with van der Waals surface area (Å²) in [6, 6.07) is 6.05. The molecule has 2 rings (SSSR count). The van der Waals surface area contributed by atoms with E-state index >= 15 is 0 Å². The lowest BCUT2D eigenvalue weighted by molar-refractivity contribution is 0.264. The first-order valence-corrected chi connectivity index (χ1v) is 5.62. The molecule has 0 aliphatic carbocycles. The molecule has 0 saturated heterocycles. The Morgan fingerprint density at radius 2 is 1.75 bits per heavy atom. The minimum Gasteiger partial charge on any atom is -0.488 e. The van der Waals surface area contributed by atoms with Gasteiger partial charge in [-0.05, 0) is 23.1 Å². The Morgan fingerprint density at radius 1 is 1.12 bits per heavy atom. The summed E-state index contributed by atoms with van der Waals surface area (Å²) in [7, 11) is 0. The van der Waals surface area contributed by atoms with Gasteiger partial charge in [-0.3, -0.25) is 0 Å². The molecule has 1 aromatic carbocycles. The molecule has 1 atom stereocenters. The van der Waals surface area contributed by atoms with Crippen molar-refractivity contribution in [2.45, 2.75) is 32.2 Å². The Kier molecular flexibility index (Phi) is 2.80. The fourth-order valence-corrected chi connectivity index (χ4v) is 1.65. The lowest BCUT2D eigenvalue weighted by atomic mass is 9.87. The summed E-state index contributed by atoms with van der Waals surface area (Å²) in [5.41, 5.74) is 7.15. The third-order valence-electron chi connectivity index (χ3n) is 2.72. The summed E-state index contributed by atoms with van der Waals surface area (Å²) in [6.45, 7) is 7.57. The van der Waals surface area contributed by atoms with Gasteiger partial charge >= 0.3 is 0 Å². The van der Waals surface area contributed by atoms with Gasteiger partial charge in [-0.1, -0.05) is 26.8 Å². The van der Waals surface area contributed by atoms with Crippen molar-refractivity contribution < 1.29 is 9.47 Å². The zero-order valence-corrected chi connectivity index (χ0v) is 10.1. The molecule has 0 bridgehead atoms. The maximum absolute atomic E-state index is 5.79. The van der Waals surface area contributed by atoms with Gasteiger partial charge in [0.25, 0.3) is 0 Å². The van der Waals surface area contributed by atoms with Crippen LogP contribution in [0, 0.1) is 0 Å². The van der Waals surface area contributed by atoms with E-state index in [1.54, 1.807) is 0 Å². The minimum atomic E-state index is -0.0505. The first-order valence-electron chi connectivity index (χ1n) is 5.62. The van der Waals surface area contributed by atoms with Crippen LogP contribution in [0.25, 0.3) is 0 Å². The highest BCUT2D eigenvalue weighted by Gasteiger charge is 2.19. The van der Waals surface area contributed by atoms with Gasteiger partial charge in [0.05, 0.1) is 6.04 Å². The third kappa shape index (κ3) is 2.30. The van der Waals surface area contributed by atoms with Crippen LogP contribution >= 0.6 is 0 Å². The summed E-state index contributed by atoms with van der Waals surface area (Å²) in [6.07, 6.45) is 0. The van der Waals surface area contributed by atoms with Crippen LogP contribution in [0.5, 0.6) is 11.5 Å². The predicted octanol–water partition coefficient (Wildman–Crippen LogP) is 2.08. The van der Waals surface area contributed by atoms with Gasteiger partial charge in [-0.15, -0.1) is 0 Å². The molecule has 2 N–H and O–H groups in total. The van der Waals surface area contributed by atoms with E-state index in [2.05, 4.69) is 26.8 Å². The van der Waals surface area contributed by atoms with Gasteiger partial charge in [0, 0.05) is 0 Å². The van der Waals surface area contributed by atoms with E-state index in [0.29, 0.717) is 13.2 Å². The fourth-order valence-electron chi connectivity index (χ4n) is 1.65. The highest BCUT2D eigenvalue weighted by atomic mass is 16.5. The van der Waals surface area contributed by atoms with Gasteiger partial charge in [0.15, 0.2) is 11.5 Å². The van der Waals surface area contributed by atoms with E-state index in [-0.39, 0.29) is 11.5 Å². The van der Waals surface area contributed by atoms with Crippen molar-refractivity contribution >= 4 is 0 Å². The topological polar surface area (TPSA) is 44.5 Å². The summed E-state index contributed by atoms with van der Waals surface area (Å²) in [4.78, 5) is 0. The summed E-state index contributed by atoms with van der Waals surface area (Å²) in [5.74, 6) is 1.60. The first kappa shape index (κ1) is 11.3. The smallest absolute Gasteiger partial charge is 0.161 e. The first-order chi connectivity index (χ1) is 7.47. The molecule has 0 amide bonds. The van der Waals surface area contributed by atoms with E-state index in [1.165, 1.54) is 5.56 Å². The van der Waals surface area contributed by atoms with Crippen molar-refractivity contribution in [1.82, 2.24) is 0 Å². The van der Waals surface area contributed by atoms with Crippen LogP contribution in [0.15, 0.2) is 18.2 Å². The molecule has 0 aromatic heterocycles. The Labute approximate surface area is 96.5 Å². The second kappa shape index (κ2) is 3.98. The van der Waals surface area contributed by atoms with E-state index < -0.39 is 0 Å². The number of hydrogen-bond acceptors (Lipinski definition) is 3. The number of ether oxygens (including phenoxy) is 2. The minimum absolute atomic E-state index is 0.0505. The summed E-state index contributed by atoms with van der Waals surface area (Å²) < 4.78 is 11.2. The Bertz CT molecular complexity index is 382. The molecule has 16 heavy (non-hydrogen) atoms. The maximum Gasteiger partial charge on any atom is 0.161 e. The van der Waals surface area contributed by atoms with E-state index in [4.69, 9.17) is 15.2 Å². The van der Waals surface area contributed by atoms with Crippen LogP contribution in [-0.4, -0.2) is 19.3 Å². The van der Waals surface area contributed by atoms with Crippen molar-refractivity contribution in [2.75, 3.05) is 13.2 Å². The van der Waals surface area contributed by atoms with Crippen molar-refractivity contribution in [1.29, 1.82) is 0 Å². The van der Waals surface area contributed by atoms with Gasteiger partial charge in [0.1, 0.15) is 13.2 Å². The number of fused-ring (bicyclic) bond motifs is 1. The molecule has 88 valence electrons. The van der Waals surface area contributed by atoms with E-state index in [9.17, 15) is 0 Å². The van der Waals surface area contributed by atoms with E-state index in [0.717, 1.165) is 11.5 Å². The van der Waals surface area contributed by atoms with Crippen molar-refractivity contribution in [2.24, 2.45) is 5.73 Å². The maximum atomic E-state index is 5.79. The molecule has 0 spiro atoms. The monoisotopic (exact) mass is 221 g/mol. The molecule has 1 aliphatic heterocycles. The zero-order chi connectivity index (χ0) is 11.8. The van der Waals surface area contributed by atoms with Gasteiger partial charge < -0.3 is 15.2 Å². The number of nitrogens with two attached hydrogens (primary N) is 1. The molecule has 0 fully saturated rings. The normalized spacial score (nSPS) is 20.4. The van der Waals surface area contributed by atoms with Crippen molar-refractivity contribution in [3.8, 4) is 11.5 Å². The van der Waals surface area contributed by atoms with Gasteiger partial charge in [-0.2, -0.15) is 0 Å². The molecule has 1 heterocycles. The van der Waals surface area contributed by atoms with Crippen LogP contribution in [-0.2, 0) is 5.41 Å². The van der Waals surface area contributed by atoms with Gasteiger partial charge in [0.2, 0.25) is 0 Å². The van der Waals surface area contributed by atoms with Crippen LogP contribution < -0.4 is 15.2 Å². The van der Waals surface area contributed by atoms with E-state index in [1.807, 2.05) is 12.1 Å². The molecular weight excluding hydrogens is 202 g/mol. The van der Waals surface area contributed by atoms with Crippen LogP contribution in [0.1, 0.15) is 26.3 Å². The van der Waals surface area contributed by atoms with Crippen molar-refractivity contribution in [3.63, 3.8) is 0 Å². The SMILES string of the molecule is CC(C)(C)c1ccc2c(c1)OC[C@H](N)CO2. The van der Waals surface area contributed by atoms with Gasteiger partial charge in [-0.25, -0.2) is 0 Å². The Balaban J connectivity index is 2.32. The highest BCUT2D eigenvalue weighted by Crippen LogP contribution is 2.34. The number of hydrogen-bond donors (Lipinski definition) is 1. The van der Waals surface area contributed by atoms with Crippen LogP contribution in [0.3, 0.4) is 0 Å². The predicted molar refractivity (Wildman–Crippen MR) is 64.1 cm³/mol. The quantitative estimate of drug-likeness (QED) is 0.729. The summed E-state index contributed by atoms with van der Waals surface area (Å²) in [5, 5.41) is 0. The second-order valence-electron chi connectivity index (χ2n) is 5.29. The van der Waals surface area contributed by atoms with Crippen molar-refractivity contribution in [3.05, 3.63) is 23.8 Å². The molecule has 0 saturated carbocycles. The zero-order valence-electron chi connectivity index (χ0n) is 10.1. The fraction of sp³-hybridized carbons (Fsp3) is 0.538. The Hall–Kier alpha value is -1.22. The molecule has 1 aromatic rings. The average molecular weight is 221 g/mol. The molecular formula is C13H19NO2. The summed E-state index contributed by atoms with van der Waals surface area (Å²) >= 11 is 0. The largest absolute Gasteiger partial charge is 0.488 e. The Morgan fingerprint density at radius 3 is 2.38 bits per heavy atom. The van der Waals surface area contributed by atoms with Crippen LogP contribution in [0.4, 0.5) is 0 Å². The molecule has 3 nitrogen and oxygen atoms in total. The number of rotatable bonds is 0. The second-order valence-corrected chi connectivity index (χ2v) is 5.29. The van der Waals surface area contributed by atoms with Crippen LogP contribution in [0.2, 0.25) is 0 Å². The lowest BCUT2D eigenvalue weighted by Crippen LogP contribution is -2.32. The standard InChI is InChI=1S/C13H19NO2/c1-13(2,3)9-4-5-11-12(6-9)16-8-10(14)7-15-11/h4-6,10H,7-8,14H2,1-3H3/t10-/m1/s1.